The maximum Gasteiger partial charge on any atom is 0.246 e. The van der Waals surface area contributed by atoms with Crippen molar-refractivity contribution in [1.29, 1.82) is 0 Å². The van der Waals surface area contributed by atoms with Gasteiger partial charge in [0, 0.05) is 17.6 Å². The zero-order valence-corrected chi connectivity index (χ0v) is 16.1. The Morgan fingerprint density at radius 2 is 1.93 bits per heavy atom. The predicted octanol–water partition coefficient (Wildman–Crippen LogP) is 1.08. The van der Waals surface area contributed by atoms with Crippen LogP contribution in [0, 0.1) is 0 Å². The van der Waals surface area contributed by atoms with Gasteiger partial charge in [-0.3, -0.25) is 4.79 Å². The van der Waals surface area contributed by atoms with Crippen LogP contribution < -0.4 is 0 Å². The molecule has 1 saturated carbocycles. The normalized spacial score (nSPS) is 21.3. The topological polar surface area (TPSA) is 98.0 Å². The number of benzene rings is 1. The van der Waals surface area contributed by atoms with Crippen molar-refractivity contribution in [2.45, 2.75) is 51.2 Å². The highest BCUT2D eigenvalue weighted by Gasteiger charge is 2.42. The Kier molecular flexibility index (Phi) is 4.71. The summed E-state index contributed by atoms with van der Waals surface area (Å²) in [4.78, 5) is 15.9. The average Bonchev–Trinajstić information content (AvgIpc) is 3.25. The Morgan fingerprint density at radius 1 is 1.19 bits per heavy atom. The van der Waals surface area contributed by atoms with E-state index in [1.165, 1.54) is 10.4 Å². The van der Waals surface area contributed by atoms with Crippen molar-refractivity contribution in [1.82, 2.24) is 25.1 Å². The van der Waals surface area contributed by atoms with Gasteiger partial charge >= 0.3 is 0 Å². The van der Waals surface area contributed by atoms with Crippen LogP contribution in [0.1, 0.15) is 31.7 Å². The van der Waals surface area contributed by atoms with Crippen molar-refractivity contribution in [3.63, 3.8) is 0 Å². The summed E-state index contributed by atoms with van der Waals surface area (Å²) >= 11 is 0. The largest absolute Gasteiger partial charge is 0.334 e. The lowest BCUT2D eigenvalue weighted by molar-refractivity contribution is -0.134. The number of hydrogen-bond acceptors (Lipinski definition) is 6. The molecule has 4 rings (SSSR count). The molecule has 2 aliphatic rings. The number of aryl methyl sites for hydroxylation is 1. The zero-order valence-electron chi connectivity index (χ0n) is 15.3. The molecule has 2 fully saturated rings. The molecule has 1 amide bonds. The second kappa shape index (κ2) is 7.03. The van der Waals surface area contributed by atoms with Gasteiger partial charge in [0.25, 0.3) is 0 Å². The standard InChI is InChI=1S/C18H23N5O3S/c1-2-13-3-5-14(6-4-13)18-19-21-22(20-18)11-17(24)23(15-7-8-15)16-9-10-27(25,26)12-16/h3-6,15-16H,2,7-12H2,1H3/t16-/m0/s1. The number of amides is 1. The number of tetrazole rings is 1. The molecule has 0 N–H and O–H groups in total. The van der Waals surface area contributed by atoms with Crippen LogP contribution in [0.4, 0.5) is 0 Å². The number of nitrogens with zero attached hydrogens (tertiary/aromatic N) is 5. The first kappa shape index (κ1) is 18.1. The molecule has 1 aliphatic heterocycles. The molecule has 9 heteroatoms. The molecule has 144 valence electrons. The average molecular weight is 389 g/mol. The smallest absolute Gasteiger partial charge is 0.246 e. The molecular weight excluding hydrogens is 366 g/mol. The van der Waals surface area contributed by atoms with E-state index in [0.29, 0.717) is 12.2 Å². The molecule has 27 heavy (non-hydrogen) atoms. The van der Waals surface area contributed by atoms with Gasteiger partial charge in [-0.2, -0.15) is 4.80 Å². The summed E-state index contributed by atoms with van der Waals surface area (Å²) in [5.74, 6) is 0.569. The van der Waals surface area contributed by atoms with Crippen LogP contribution in [-0.2, 0) is 27.6 Å². The molecular formula is C18H23N5O3S. The maximum absolute atomic E-state index is 12.8. The fourth-order valence-electron chi connectivity index (χ4n) is 3.57. The SMILES string of the molecule is CCc1ccc(-c2nnn(CC(=O)N(C3CC3)[C@H]3CCS(=O)(=O)C3)n2)cc1. The molecule has 1 aliphatic carbocycles. The van der Waals surface area contributed by atoms with E-state index in [-0.39, 0.29) is 36.0 Å². The van der Waals surface area contributed by atoms with Gasteiger partial charge in [0.05, 0.1) is 11.5 Å². The zero-order chi connectivity index (χ0) is 19.0. The van der Waals surface area contributed by atoms with Crippen molar-refractivity contribution >= 4 is 15.7 Å². The number of carbonyl (C=O) groups excluding carboxylic acids is 1. The number of hydrogen-bond donors (Lipinski definition) is 0. The number of sulfone groups is 1. The summed E-state index contributed by atoms with van der Waals surface area (Å²) < 4.78 is 23.6. The first-order chi connectivity index (χ1) is 12.9. The number of aromatic nitrogens is 4. The van der Waals surface area contributed by atoms with E-state index in [1.54, 1.807) is 4.90 Å². The van der Waals surface area contributed by atoms with Crippen LogP contribution in [0.5, 0.6) is 0 Å². The van der Waals surface area contributed by atoms with Gasteiger partial charge in [0.15, 0.2) is 9.84 Å². The van der Waals surface area contributed by atoms with Gasteiger partial charge in [-0.15, -0.1) is 10.2 Å². The van der Waals surface area contributed by atoms with Gasteiger partial charge in [0.2, 0.25) is 11.7 Å². The summed E-state index contributed by atoms with van der Waals surface area (Å²) in [6.07, 6.45) is 3.34. The minimum absolute atomic E-state index is 0.0207. The number of carbonyl (C=O) groups is 1. The van der Waals surface area contributed by atoms with E-state index in [2.05, 4.69) is 22.3 Å². The third-order valence-corrected chi connectivity index (χ3v) is 6.93. The highest BCUT2D eigenvalue weighted by molar-refractivity contribution is 7.91. The van der Waals surface area contributed by atoms with E-state index in [4.69, 9.17) is 0 Å². The van der Waals surface area contributed by atoms with Crippen LogP contribution in [-0.4, -0.2) is 63.0 Å². The highest BCUT2D eigenvalue weighted by atomic mass is 32.2. The van der Waals surface area contributed by atoms with Crippen molar-refractivity contribution in [3.8, 4) is 11.4 Å². The minimum Gasteiger partial charge on any atom is -0.334 e. The van der Waals surface area contributed by atoms with E-state index in [0.717, 1.165) is 24.8 Å². The molecule has 0 radical (unpaired) electrons. The van der Waals surface area contributed by atoms with Crippen molar-refractivity contribution in [2.75, 3.05) is 11.5 Å². The Hall–Kier alpha value is -2.29. The summed E-state index contributed by atoms with van der Waals surface area (Å²) in [6.45, 7) is 2.07. The van der Waals surface area contributed by atoms with Gasteiger partial charge in [-0.05, 0) is 36.5 Å². The Morgan fingerprint density at radius 3 is 2.52 bits per heavy atom. The second-order valence-corrected chi connectivity index (χ2v) is 9.51. The molecule has 1 aromatic carbocycles. The maximum atomic E-state index is 12.8. The molecule has 2 heterocycles. The monoisotopic (exact) mass is 389 g/mol. The quantitative estimate of drug-likeness (QED) is 0.733. The predicted molar refractivity (Wildman–Crippen MR) is 99.6 cm³/mol. The summed E-state index contributed by atoms with van der Waals surface area (Å²) in [6, 6.07) is 7.87. The van der Waals surface area contributed by atoms with Crippen molar-refractivity contribution < 1.29 is 13.2 Å². The fourth-order valence-corrected chi connectivity index (χ4v) is 5.28. The summed E-state index contributed by atoms with van der Waals surface area (Å²) in [5, 5.41) is 12.4. The Labute approximate surface area is 158 Å². The molecule has 1 atom stereocenters. The summed E-state index contributed by atoms with van der Waals surface area (Å²) in [7, 11) is -3.03. The van der Waals surface area contributed by atoms with Crippen LogP contribution in [0.15, 0.2) is 24.3 Å². The number of rotatable bonds is 6. The molecule has 0 bridgehead atoms. The lowest BCUT2D eigenvalue weighted by Crippen LogP contribution is -2.44. The summed E-state index contributed by atoms with van der Waals surface area (Å²) in [5.41, 5.74) is 2.08. The van der Waals surface area contributed by atoms with Crippen LogP contribution in [0.2, 0.25) is 0 Å². The first-order valence-electron chi connectivity index (χ1n) is 9.34. The van der Waals surface area contributed by atoms with Crippen molar-refractivity contribution in [2.24, 2.45) is 0 Å². The third-order valence-electron chi connectivity index (χ3n) is 5.18. The van der Waals surface area contributed by atoms with Gasteiger partial charge in [0.1, 0.15) is 6.54 Å². The van der Waals surface area contributed by atoms with Crippen LogP contribution in [0.3, 0.4) is 0 Å². The lowest BCUT2D eigenvalue weighted by atomic mass is 10.1. The van der Waals surface area contributed by atoms with Gasteiger partial charge < -0.3 is 4.90 Å². The van der Waals surface area contributed by atoms with Crippen molar-refractivity contribution in [3.05, 3.63) is 29.8 Å². The molecule has 1 saturated heterocycles. The first-order valence-corrected chi connectivity index (χ1v) is 11.2. The highest BCUT2D eigenvalue weighted by Crippen LogP contribution is 2.32. The van der Waals surface area contributed by atoms with Crippen LogP contribution >= 0.6 is 0 Å². The molecule has 2 aromatic rings. The van der Waals surface area contributed by atoms with Gasteiger partial charge in [-0.1, -0.05) is 31.2 Å². The van der Waals surface area contributed by atoms with E-state index in [1.807, 2.05) is 24.3 Å². The van der Waals surface area contributed by atoms with Crippen LogP contribution in [0.25, 0.3) is 11.4 Å². The molecule has 1 aromatic heterocycles. The fraction of sp³-hybridized carbons (Fsp3) is 0.556. The second-order valence-electron chi connectivity index (χ2n) is 7.28. The lowest BCUT2D eigenvalue weighted by Gasteiger charge is -2.28. The molecule has 8 nitrogen and oxygen atoms in total. The van der Waals surface area contributed by atoms with E-state index < -0.39 is 9.84 Å². The van der Waals surface area contributed by atoms with Gasteiger partial charge in [-0.25, -0.2) is 8.42 Å². The Bertz CT molecular complexity index is 934. The minimum atomic E-state index is -3.03. The third kappa shape index (κ3) is 4.02. The molecule has 0 unspecified atom stereocenters. The molecule has 0 spiro atoms. The van der Waals surface area contributed by atoms with E-state index in [9.17, 15) is 13.2 Å². The van der Waals surface area contributed by atoms with E-state index >= 15 is 0 Å². The Balaban J connectivity index is 1.46.